The van der Waals surface area contributed by atoms with Gasteiger partial charge >= 0.3 is 0 Å². The summed E-state index contributed by atoms with van der Waals surface area (Å²) in [6.45, 7) is 4.59. The number of hydrogen-bond acceptors (Lipinski definition) is 5. The molecule has 1 aromatic rings. The number of aromatic nitrogens is 2. The molecule has 2 amide bonds. The van der Waals surface area contributed by atoms with Crippen LogP contribution in [0.4, 0.5) is 0 Å². The highest BCUT2D eigenvalue weighted by atomic mass is 16.5. The van der Waals surface area contributed by atoms with E-state index in [4.69, 9.17) is 4.74 Å². The summed E-state index contributed by atoms with van der Waals surface area (Å²) < 4.78 is 5.99. The van der Waals surface area contributed by atoms with Crippen molar-refractivity contribution in [3.8, 4) is 0 Å². The van der Waals surface area contributed by atoms with E-state index in [1.807, 2.05) is 18.7 Å². The summed E-state index contributed by atoms with van der Waals surface area (Å²) in [7, 11) is 0. The lowest BCUT2D eigenvalue weighted by molar-refractivity contribution is -0.147. The molecule has 0 aliphatic carbocycles. The largest absolute Gasteiger partial charge is 0.363 e. The van der Waals surface area contributed by atoms with E-state index >= 15 is 0 Å². The molecule has 0 saturated carbocycles. The lowest BCUT2D eigenvalue weighted by Gasteiger charge is -2.35. The number of nitrogens with one attached hydrogen (secondary N) is 1. The summed E-state index contributed by atoms with van der Waals surface area (Å²) >= 11 is 0. The van der Waals surface area contributed by atoms with Gasteiger partial charge in [0.15, 0.2) is 0 Å². The number of ether oxygens (including phenoxy) is 1. The molecule has 1 aromatic heterocycles. The third kappa shape index (κ3) is 4.34. The summed E-state index contributed by atoms with van der Waals surface area (Å²) in [4.78, 5) is 34.6. The minimum absolute atomic E-state index is 0.0272. The van der Waals surface area contributed by atoms with E-state index < -0.39 is 0 Å². The second-order valence-corrected chi connectivity index (χ2v) is 7.09. The molecule has 1 N–H and O–H groups in total. The molecule has 0 radical (unpaired) electrons. The van der Waals surface area contributed by atoms with E-state index in [2.05, 4.69) is 15.3 Å². The zero-order valence-electron chi connectivity index (χ0n) is 14.9. The van der Waals surface area contributed by atoms with Gasteiger partial charge in [-0.25, -0.2) is 9.97 Å². The average Bonchev–Trinajstić information content (AvgIpc) is 3.03. The SMILES string of the molecule is CC(C)NC(=O)[C@@H]1CC[C@@H]2[C@@H](CCN2C(=O)CCc2cncnc2)O1. The number of carbonyl (C=O) groups is 2. The van der Waals surface area contributed by atoms with Crippen molar-refractivity contribution in [2.45, 2.75) is 70.2 Å². The fourth-order valence-corrected chi connectivity index (χ4v) is 3.66. The van der Waals surface area contributed by atoms with Crippen LogP contribution in [-0.4, -0.2) is 57.5 Å². The summed E-state index contributed by atoms with van der Waals surface area (Å²) in [6.07, 6.45) is 7.95. The van der Waals surface area contributed by atoms with Crippen LogP contribution in [0, 0.1) is 0 Å². The average molecular weight is 346 g/mol. The van der Waals surface area contributed by atoms with Crippen LogP contribution >= 0.6 is 0 Å². The number of nitrogens with zero attached hydrogens (tertiary/aromatic N) is 3. The van der Waals surface area contributed by atoms with Crippen LogP contribution in [0.1, 0.15) is 45.1 Å². The van der Waals surface area contributed by atoms with E-state index in [1.54, 1.807) is 12.4 Å². The molecule has 3 heterocycles. The molecule has 2 fully saturated rings. The van der Waals surface area contributed by atoms with Crippen molar-refractivity contribution in [3.05, 3.63) is 24.3 Å². The summed E-state index contributed by atoms with van der Waals surface area (Å²) in [5, 5.41) is 2.91. The zero-order chi connectivity index (χ0) is 17.8. The molecule has 2 aliphatic rings. The van der Waals surface area contributed by atoms with Gasteiger partial charge in [-0.1, -0.05) is 0 Å². The van der Waals surface area contributed by atoms with Gasteiger partial charge in [0.2, 0.25) is 11.8 Å². The fraction of sp³-hybridized carbons (Fsp3) is 0.667. The maximum absolute atomic E-state index is 12.6. The van der Waals surface area contributed by atoms with Crippen LogP contribution in [0.2, 0.25) is 0 Å². The van der Waals surface area contributed by atoms with Gasteiger partial charge in [0.25, 0.3) is 0 Å². The summed E-state index contributed by atoms with van der Waals surface area (Å²) in [5.41, 5.74) is 0.969. The molecule has 25 heavy (non-hydrogen) atoms. The Bertz CT molecular complexity index is 608. The maximum atomic E-state index is 12.6. The molecule has 0 spiro atoms. The molecular formula is C18H26N4O3. The Morgan fingerprint density at radius 2 is 2.04 bits per heavy atom. The third-order valence-corrected chi connectivity index (χ3v) is 4.83. The van der Waals surface area contributed by atoms with Crippen molar-refractivity contribution in [1.82, 2.24) is 20.2 Å². The number of amides is 2. The van der Waals surface area contributed by atoms with E-state index in [1.165, 1.54) is 6.33 Å². The summed E-state index contributed by atoms with van der Waals surface area (Å²) in [5.74, 6) is 0.104. The predicted molar refractivity (Wildman–Crippen MR) is 91.6 cm³/mol. The molecule has 0 aromatic carbocycles. The molecule has 3 atom stereocenters. The highest BCUT2D eigenvalue weighted by Crippen LogP contribution is 2.32. The van der Waals surface area contributed by atoms with Crippen molar-refractivity contribution in [3.63, 3.8) is 0 Å². The molecule has 7 heteroatoms. The normalized spacial score (nSPS) is 25.7. The second kappa shape index (κ2) is 7.91. The minimum atomic E-state index is -0.389. The molecule has 7 nitrogen and oxygen atoms in total. The number of fused-ring (bicyclic) bond motifs is 1. The molecule has 2 saturated heterocycles. The van der Waals surface area contributed by atoms with Gasteiger partial charge in [0.05, 0.1) is 12.1 Å². The van der Waals surface area contributed by atoms with Gasteiger partial charge in [-0.3, -0.25) is 9.59 Å². The van der Waals surface area contributed by atoms with Crippen LogP contribution in [0.5, 0.6) is 0 Å². The maximum Gasteiger partial charge on any atom is 0.249 e. The van der Waals surface area contributed by atoms with Crippen LogP contribution in [-0.2, 0) is 20.7 Å². The Labute approximate surface area is 148 Å². The lowest BCUT2D eigenvalue weighted by atomic mass is 9.98. The molecule has 2 aliphatic heterocycles. The van der Waals surface area contributed by atoms with Crippen LogP contribution in [0.15, 0.2) is 18.7 Å². The van der Waals surface area contributed by atoms with Crippen molar-refractivity contribution >= 4 is 11.8 Å². The fourth-order valence-electron chi connectivity index (χ4n) is 3.66. The van der Waals surface area contributed by atoms with Crippen molar-refractivity contribution < 1.29 is 14.3 Å². The first-order chi connectivity index (χ1) is 12.0. The third-order valence-electron chi connectivity index (χ3n) is 4.83. The zero-order valence-corrected chi connectivity index (χ0v) is 14.9. The Morgan fingerprint density at radius 3 is 2.76 bits per heavy atom. The van der Waals surface area contributed by atoms with E-state index in [0.29, 0.717) is 25.8 Å². The quantitative estimate of drug-likeness (QED) is 0.862. The summed E-state index contributed by atoms with van der Waals surface area (Å²) in [6, 6.07) is 0.208. The van der Waals surface area contributed by atoms with Gasteiger partial charge in [-0.15, -0.1) is 0 Å². The van der Waals surface area contributed by atoms with E-state index in [9.17, 15) is 9.59 Å². The van der Waals surface area contributed by atoms with Crippen LogP contribution in [0.3, 0.4) is 0 Å². The van der Waals surface area contributed by atoms with Crippen molar-refractivity contribution in [2.75, 3.05) is 6.54 Å². The Hall–Kier alpha value is -2.02. The molecular weight excluding hydrogens is 320 g/mol. The highest BCUT2D eigenvalue weighted by molar-refractivity contribution is 5.81. The molecule has 3 rings (SSSR count). The molecule has 136 valence electrons. The Balaban J connectivity index is 1.51. The minimum Gasteiger partial charge on any atom is -0.363 e. The standard InChI is InChI=1S/C18H26N4O3/c1-12(2)21-18(24)16-5-4-14-15(25-16)7-8-22(14)17(23)6-3-13-9-19-11-20-10-13/h9-12,14-16H,3-8H2,1-2H3,(H,21,24)/t14-,15-,16+/m1/s1. The molecule has 0 unspecified atom stereocenters. The topological polar surface area (TPSA) is 84.4 Å². The predicted octanol–water partition coefficient (Wildman–Crippen LogP) is 1.08. The van der Waals surface area contributed by atoms with Gasteiger partial charge in [0.1, 0.15) is 12.4 Å². The van der Waals surface area contributed by atoms with Crippen molar-refractivity contribution in [1.29, 1.82) is 0 Å². The van der Waals surface area contributed by atoms with E-state index in [-0.39, 0.29) is 36.1 Å². The first-order valence-electron chi connectivity index (χ1n) is 9.04. The number of carbonyl (C=O) groups excluding carboxylic acids is 2. The van der Waals surface area contributed by atoms with E-state index in [0.717, 1.165) is 18.4 Å². The number of hydrogen-bond donors (Lipinski definition) is 1. The lowest BCUT2D eigenvalue weighted by Crippen LogP contribution is -2.50. The number of likely N-dealkylation sites (tertiary alicyclic amines) is 1. The van der Waals surface area contributed by atoms with Gasteiger partial charge in [0, 0.05) is 31.4 Å². The smallest absolute Gasteiger partial charge is 0.249 e. The van der Waals surface area contributed by atoms with Gasteiger partial charge in [-0.05, 0) is 45.1 Å². The van der Waals surface area contributed by atoms with Crippen LogP contribution in [0.25, 0.3) is 0 Å². The first-order valence-corrected chi connectivity index (χ1v) is 9.04. The Morgan fingerprint density at radius 1 is 1.28 bits per heavy atom. The first kappa shape index (κ1) is 17.8. The van der Waals surface area contributed by atoms with Gasteiger partial charge < -0.3 is 15.0 Å². The Kier molecular flexibility index (Phi) is 5.63. The number of rotatable bonds is 5. The van der Waals surface area contributed by atoms with Gasteiger partial charge in [-0.2, -0.15) is 0 Å². The van der Waals surface area contributed by atoms with Crippen molar-refractivity contribution in [2.24, 2.45) is 0 Å². The highest BCUT2D eigenvalue weighted by Gasteiger charge is 2.43. The van der Waals surface area contributed by atoms with Crippen LogP contribution < -0.4 is 5.32 Å². The molecule has 0 bridgehead atoms. The number of aryl methyl sites for hydroxylation is 1. The monoisotopic (exact) mass is 346 g/mol. The second-order valence-electron chi connectivity index (χ2n) is 7.09.